The number of urea groups is 1. The van der Waals surface area contributed by atoms with Gasteiger partial charge in [-0.15, -0.1) is 0 Å². The van der Waals surface area contributed by atoms with Gasteiger partial charge in [0.2, 0.25) is 0 Å². The van der Waals surface area contributed by atoms with Gasteiger partial charge >= 0.3 is 6.03 Å². The second-order valence-electron chi connectivity index (χ2n) is 4.32. The molecule has 1 heterocycles. The highest BCUT2D eigenvalue weighted by molar-refractivity contribution is 5.74. The molecule has 1 saturated heterocycles. The number of rotatable bonds is 1. The van der Waals surface area contributed by atoms with Gasteiger partial charge < -0.3 is 15.3 Å². The molecule has 80 valence electrons. The van der Waals surface area contributed by atoms with E-state index in [2.05, 4.69) is 5.32 Å². The molecule has 0 spiro atoms. The maximum atomic E-state index is 11.7. The van der Waals surface area contributed by atoms with E-state index in [9.17, 15) is 9.90 Å². The van der Waals surface area contributed by atoms with E-state index in [0.717, 1.165) is 19.3 Å². The van der Waals surface area contributed by atoms with E-state index in [0.29, 0.717) is 19.1 Å². The fraction of sp³-hybridized carbons (Fsp3) is 0.900. The van der Waals surface area contributed by atoms with Crippen molar-refractivity contribution >= 4 is 6.03 Å². The summed E-state index contributed by atoms with van der Waals surface area (Å²) in [6.45, 7) is 1.19. The first-order valence-electron chi connectivity index (χ1n) is 5.49. The summed E-state index contributed by atoms with van der Waals surface area (Å²) in [7, 11) is 0. The average molecular weight is 198 g/mol. The molecule has 1 saturated carbocycles. The molecule has 4 nitrogen and oxygen atoms in total. The topological polar surface area (TPSA) is 52.6 Å². The molecule has 2 rings (SSSR count). The van der Waals surface area contributed by atoms with Crippen LogP contribution in [0.1, 0.15) is 32.1 Å². The maximum absolute atomic E-state index is 11.7. The number of aliphatic hydroxyl groups excluding tert-OH is 1. The van der Waals surface area contributed by atoms with Crippen molar-refractivity contribution in [2.24, 2.45) is 0 Å². The summed E-state index contributed by atoms with van der Waals surface area (Å²) >= 11 is 0. The summed E-state index contributed by atoms with van der Waals surface area (Å²) in [6, 6.07) is 0.383. The molecule has 4 heteroatoms. The van der Waals surface area contributed by atoms with E-state index >= 15 is 0 Å². The van der Waals surface area contributed by atoms with E-state index in [4.69, 9.17) is 0 Å². The monoisotopic (exact) mass is 198 g/mol. The summed E-state index contributed by atoms with van der Waals surface area (Å²) in [5.41, 5.74) is 0. The normalized spacial score (nSPS) is 28.4. The number of β-amino-alcohol motifs (C(OH)–C–C–N with tert-alkyl or cyclic N) is 1. The highest BCUT2D eigenvalue weighted by Gasteiger charge is 2.26. The van der Waals surface area contributed by atoms with Crippen molar-refractivity contribution < 1.29 is 9.90 Å². The lowest BCUT2D eigenvalue weighted by Crippen LogP contribution is -2.43. The highest BCUT2D eigenvalue weighted by Crippen LogP contribution is 2.18. The Labute approximate surface area is 84.3 Å². The van der Waals surface area contributed by atoms with Crippen LogP contribution in [0.5, 0.6) is 0 Å². The van der Waals surface area contributed by atoms with Crippen molar-refractivity contribution in [3.63, 3.8) is 0 Å². The highest BCUT2D eigenvalue weighted by atomic mass is 16.3. The number of aliphatic hydroxyl groups is 1. The molecule has 1 aliphatic heterocycles. The van der Waals surface area contributed by atoms with E-state index in [1.54, 1.807) is 4.90 Å². The van der Waals surface area contributed by atoms with Crippen molar-refractivity contribution in [1.82, 2.24) is 10.2 Å². The van der Waals surface area contributed by atoms with Crippen molar-refractivity contribution in [3.05, 3.63) is 0 Å². The quantitative estimate of drug-likeness (QED) is 0.652. The zero-order chi connectivity index (χ0) is 9.97. The molecule has 0 aromatic carbocycles. The first-order chi connectivity index (χ1) is 6.75. The Morgan fingerprint density at radius 2 is 2.00 bits per heavy atom. The van der Waals surface area contributed by atoms with Crippen LogP contribution in [0.3, 0.4) is 0 Å². The van der Waals surface area contributed by atoms with Gasteiger partial charge in [0.05, 0.1) is 6.10 Å². The molecule has 1 aliphatic carbocycles. The van der Waals surface area contributed by atoms with Crippen LogP contribution in [-0.4, -0.2) is 41.3 Å². The molecule has 0 radical (unpaired) electrons. The molecule has 1 atom stereocenters. The van der Waals surface area contributed by atoms with Gasteiger partial charge in [0, 0.05) is 19.1 Å². The van der Waals surface area contributed by atoms with E-state index in [-0.39, 0.29) is 12.1 Å². The van der Waals surface area contributed by atoms with Gasteiger partial charge in [-0.3, -0.25) is 0 Å². The van der Waals surface area contributed by atoms with Crippen LogP contribution in [-0.2, 0) is 0 Å². The van der Waals surface area contributed by atoms with Crippen LogP contribution in [0.15, 0.2) is 0 Å². The Hall–Kier alpha value is -0.770. The second-order valence-corrected chi connectivity index (χ2v) is 4.32. The number of amides is 2. The molecule has 0 unspecified atom stereocenters. The Kier molecular flexibility index (Phi) is 2.91. The van der Waals surface area contributed by atoms with Crippen LogP contribution >= 0.6 is 0 Å². The van der Waals surface area contributed by atoms with E-state index < -0.39 is 0 Å². The minimum absolute atomic E-state index is 0.00782. The summed E-state index contributed by atoms with van der Waals surface area (Å²) in [5.74, 6) is 0. The predicted octanol–water partition coefficient (Wildman–Crippen LogP) is 0.705. The van der Waals surface area contributed by atoms with Crippen LogP contribution < -0.4 is 5.32 Å². The first kappa shape index (κ1) is 9.77. The third-order valence-corrected chi connectivity index (χ3v) is 3.13. The van der Waals surface area contributed by atoms with Crippen molar-refractivity contribution in [1.29, 1.82) is 0 Å². The number of hydrogen-bond acceptors (Lipinski definition) is 2. The minimum Gasteiger partial charge on any atom is -0.391 e. The van der Waals surface area contributed by atoms with Gasteiger partial charge in [0.15, 0.2) is 0 Å². The Morgan fingerprint density at radius 1 is 1.29 bits per heavy atom. The lowest BCUT2D eigenvalue weighted by Gasteiger charge is -2.19. The molecule has 14 heavy (non-hydrogen) atoms. The molecule has 0 aromatic rings. The molecule has 2 fully saturated rings. The number of likely N-dealkylation sites (tertiary alicyclic amines) is 1. The third kappa shape index (κ3) is 2.18. The van der Waals surface area contributed by atoms with Crippen molar-refractivity contribution in [3.8, 4) is 0 Å². The van der Waals surface area contributed by atoms with E-state index in [1.807, 2.05) is 0 Å². The number of nitrogens with zero attached hydrogens (tertiary/aromatic N) is 1. The van der Waals surface area contributed by atoms with Crippen LogP contribution in [0.2, 0.25) is 0 Å². The lowest BCUT2D eigenvalue weighted by atomic mass is 10.2. The molecular weight excluding hydrogens is 180 g/mol. The molecule has 0 bridgehead atoms. The molecule has 0 aromatic heterocycles. The Balaban J connectivity index is 1.77. The van der Waals surface area contributed by atoms with Gasteiger partial charge in [-0.2, -0.15) is 0 Å². The van der Waals surface area contributed by atoms with Crippen molar-refractivity contribution in [2.45, 2.75) is 44.2 Å². The number of carbonyl (C=O) groups is 1. The smallest absolute Gasteiger partial charge is 0.317 e. The molecule has 2 N–H and O–H groups in total. The van der Waals surface area contributed by atoms with Gasteiger partial charge in [0.25, 0.3) is 0 Å². The fourth-order valence-corrected chi connectivity index (χ4v) is 2.26. The third-order valence-electron chi connectivity index (χ3n) is 3.13. The fourth-order valence-electron chi connectivity index (χ4n) is 2.26. The van der Waals surface area contributed by atoms with Crippen LogP contribution in [0.4, 0.5) is 4.79 Å². The zero-order valence-electron chi connectivity index (χ0n) is 8.41. The van der Waals surface area contributed by atoms with Crippen LogP contribution in [0, 0.1) is 0 Å². The average Bonchev–Trinajstić information content (AvgIpc) is 2.75. The maximum Gasteiger partial charge on any atom is 0.317 e. The van der Waals surface area contributed by atoms with Gasteiger partial charge in [-0.05, 0) is 19.3 Å². The summed E-state index contributed by atoms with van der Waals surface area (Å²) < 4.78 is 0. The van der Waals surface area contributed by atoms with Gasteiger partial charge in [-0.25, -0.2) is 4.79 Å². The first-order valence-corrected chi connectivity index (χ1v) is 5.49. The zero-order valence-corrected chi connectivity index (χ0v) is 8.41. The SMILES string of the molecule is O=C(NC1CCCC1)N1CC[C@@H](O)C1. The number of hydrogen-bond donors (Lipinski definition) is 2. The molecule has 2 aliphatic rings. The van der Waals surface area contributed by atoms with Crippen molar-refractivity contribution in [2.75, 3.05) is 13.1 Å². The summed E-state index contributed by atoms with van der Waals surface area (Å²) in [6.07, 6.45) is 5.09. The summed E-state index contributed by atoms with van der Waals surface area (Å²) in [5, 5.41) is 12.3. The summed E-state index contributed by atoms with van der Waals surface area (Å²) in [4.78, 5) is 13.4. The number of nitrogens with one attached hydrogen (secondary N) is 1. The Bertz CT molecular complexity index is 214. The van der Waals surface area contributed by atoms with E-state index in [1.165, 1.54) is 12.8 Å². The predicted molar refractivity (Wildman–Crippen MR) is 53.0 cm³/mol. The van der Waals surface area contributed by atoms with Gasteiger partial charge in [-0.1, -0.05) is 12.8 Å². The van der Waals surface area contributed by atoms with Crippen LogP contribution in [0.25, 0.3) is 0 Å². The second kappa shape index (κ2) is 4.17. The molecule has 2 amide bonds. The lowest BCUT2D eigenvalue weighted by molar-refractivity contribution is 0.170. The largest absolute Gasteiger partial charge is 0.391 e. The number of carbonyl (C=O) groups excluding carboxylic acids is 1. The minimum atomic E-state index is -0.315. The standard InChI is InChI=1S/C10H18N2O2/c13-9-5-6-12(7-9)10(14)11-8-3-1-2-4-8/h8-9,13H,1-7H2,(H,11,14)/t9-/m1/s1. The Morgan fingerprint density at radius 3 is 2.57 bits per heavy atom. The molecular formula is C10H18N2O2. The van der Waals surface area contributed by atoms with Gasteiger partial charge in [0.1, 0.15) is 0 Å².